The van der Waals surface area contributed by atoms with Gasteiger partial charge in [-0.25, -0.2) is 4.98 Å². The Bertz CT molecular complexity index is 1050. The summed E-state index contributed by atoms with van der Waals surface area (Å²) in [5.74, 6) is 0.772. The molecule has 0 radical (unpaired) electrons. The molecule has 1 aliphatic rings. The van der Waals surface area contributed by atoms with Crippen molar-refractivity contribution in [3.8, 4) is 6.07 Å². The molecule has 0 spiro atoms. The third-order valence-corrected chi connectivity index (χ3v) is 5.48. The van der Waals surface area contributed by atoms with Gasteiger partial charge in [0.15, 0.2) is 0 Å². The Labute approximate surface area is 183 Å². The topological polar surface area (TPSA) is 86.1 Å². The Morgan fingerprint density at radius 3 is 2.83 bits per heavy atom. The highest BCUT2D eigenvalue weighted by atomic mass is 127. The zero-order valence-corrected chi connectivity index (χ0v) is 18.0. The predicted molar refractivity (Wildman–Crippen MR) is 122 cm³/mol. The van der Waals surface area contributed by atoms with Gasteiger partial charge < -0.3 is 15.4 Å². The van der Waals surface area contributed by atoms with Crippen LogP contribution in [0.2, 0.25) is 0 Å². The van der Waals surface area contributed by atoms with Crippen molar-refractivity contribution in [1.29, 1.82) is 5.26 Å². The number of anilines is 3. The van der Waals surface area contributed by atoms with E-state index in [-0.39, 0.29) is 0 Å². The summed E-state index contributed by atoms with van der Waals surface area (Å²) in [6.07, 6.45) is 3.33. The number of rotatable bonds is 6. The number of nitrogens with zero attached hydrogens (tertiary/aromatic N) is 4. The van der Waals surface area contributed by atoms with E-state index in [1.165, 1.54) is 0 Å². The van der Waals surface area contributed by atoms with E-state index in [4.69, 9.17) is 4.74 Å². The number of aromatic nitrogens is 2. The Morgan fingerprint density at radius 2 is 2.03 bits per heavy atom. The SMILES string of the molecule is N#Cc1cnc2cnc(NCCN3CCOCC3)cc2c1Nc1cccc(I)c1. The Kier molecular flexibility index (Phi) is 6.39. The number of ether oxygens (including phenoxy) is 1. The van der Waals surface area contributed by atoms with Crippen LogP contribution in [0.3, 0.4) is 0 Å². The van der Waals surface area contributed by atoms with Crippen LogP contribution in [0.15, 0.2) is 42.7 Å². The van der Waals surface area contributed by atoms with Crippen molar-refractivity contribution >= 4 is 50.7 Å². The monoisotopic (exact) mass is 500 g/mol. The van der Waals surface area contributed by atoms with Gasteiger partial charge in [0.05, 0.1) is 36.2 Å². The fourth-order valence-corrected chi connectivity index (χ4v) is 3.83. The molecular formula is C21H21IN6O. The summed E-state index contributed by atoms with van der Waals surface area (Å²) in [6.45, 7) is 5.25. The van der Waals surface area contributed by atoms with E-state index in [2.05, 4.69) is 54.2 Å². The summed E-state index contributed by atoms with van der Waals surface area (Å²) >= 11 is 2.27. The maximum absolute atomic E-state index is 9.59. The van der Waals surface area contributed by atoms with E-state index in [1.54, 1.807) is 12.4 Å². The van der Waals surface area contributed by atoms with Gasteiger partial charge in [-0.3, -0.25) is 9.88 Å². The van der Waals surface area contributed by atoms with E-state index < -0.39 is 0 Å². The highest BCUT2D eigenvalue weighted by molar-refractivity contribution is 14.1. The van der Waals surface area contributed by atoms with E-state index in [0.717, 1.165) is 71.1 Å². The van der Waals surface area contributed by atoms with Crippen molar-refractivity contribution in [1.82, 2.24) is 14.9 Å². The number of morpholine rings is 1. The maximum Gasteiger partial charge on any atom is 0.126 e. The molecule has 1 aromatic carbocycles. The normalized spacial score (nSPS) is 14.5. The molecule has 3 heterocycles. The molecule has 0 bridgehead atoms. The van der Waals surface area contributed by atoms with Gasteiger partial charge in [-0.1, -0.05) is 6.07 Å². The van der Waals surface area contributed by atoms with Crippen LogP contribution in [0.5, 0.6) is 0 Å². The highest BCUT2D eigenvalue weighted by Crippen LogP contribution is 2.30. The molecule has 4 rings (SSSR count). The van der Waals surface area contributed by atoms with Crippen molar-refractivity contribution in [3.05, 3.63) is 51.9 Å². The van der Waals surface area contributed by atoms with Crippen molar-refractivity contribution in [2.75, 3.05) is 50.0 Å². The lowest BCUT2D eigenvalue weighted by atomic mass is 10.1. The first-order chi connectivity index (χ1) is 14.2. The Balaban J connectivity index is 1.57. The number of nitrogens with one attached hydrogen (secondary N) is 2. The van der Waals surface area contributed by atoms with Gasteiger partial charge in [0.2, 0.25) is 0 Å². The first-order valence-corrected chi connectivity index (χ1v) is 10.6. The number of hydrogen-bond donors (Lipinski definition) is 2. The molecular weight excluding hydrogens is 479 g/mol. The molecule has 29 heavy (non-hydrogen) atoms. The molecule has 0 aliphatic carbocycles. The van der Waals surface area contributed by atoms with Crippen LogP contribution in [0, 0.1) is 14.9 Å². The molecule has 1 saturated heterocycles. The van der Waals surface area contributed by atoms with Crippen LogP contribution >= 0.6 is 22.6 Å². The lowest BCUT2D eigenvalue weighted by molar-refractivity contribution is 0.0398. The third-order valence-electron chi connectivity index (χ3n) is 4.81. The van der Waals surface area contributed by atoms with Gasteiger partial charge in [-0.05, 0) is 46.9 Å². The van der Waals surface area contributed by atoms with Crippen molar-refractivity contribution in [3.63, 3.8) is 0 Å². The van der Waals surface area contributed by atoms with Crippen LogP contribution in [0.4, 0.5) is 17.2 Å². The largest absolute Gasteiger partial charge is 0.379 e. The fraction of sp³-hybridized carbons (Fsp3) is 0.286. The van der Waals surface area contributed by atoms with Gasteiger partial charge in [-0.2, -0.15) is 5.26 Å². The quantitative estimate of drug-likeness (QED) is 0.501. The summed E-state index contributed by atoms with van der Waals surface area (Å²) < 4.78 is 6.51. The first kappa shape index (κ1) is 19.8. The molecule has 8 heteroatoms. The average Bonchev–Trinajstić information content (AvgIpc) is 2.75. The standard InChI is InChI=1S/C21H21IN6O/c22-16-2-1-3-17(10-16)27-21-15(12-23)13-25-19-14-26-20(11-18(19)21)24-4-5-28-6-8-29-9-7-28/h1-3,10-11,13-14H,4-9H2,(H,24,26)(H,25,27). The zero-order valence-electron chi connectivity index (χ0n) is 15.9. The number of halogens is 1. The van der Waals surface area contributed by atoms with Crippen LogP contribution in [-0.2, 0) is 4.74 Å². The molecule has 2 aromatic heterocycles. The molecule has 1 fully saturated rings. The molecule has 0 amide bonds. The van der Waals surface area contributed by atoms with Crippen LogP contribution in [-0.4, -0.2) is 54.3 Å². The first-order valence-electron chi connectivity index (χ1n) is 9.48. The van der Waals surface area contributed by atoms with Gasteiger partial charge in [-0.15, -0.1) is 0 Å². The van der Waals surface area contributed by atoms with E-state index in [1.807, 2.05) is 30.3 Å². The molecule has 7 nitrogen and oxygen atoms in total. The molecule has 0 atom stereocenters. The second-order valence-electron chi connectivity index (χ2n) is 6.76. The van der Waals surface area contributed by atoms with Crippen molar-refractivity contribution < 1.29 is 4.74 Å². The Morgan fingerprint density at radius 1 is 1.17 bits per heavy atom. The maximum atomic E-state index is 9.59. The zero-order chi connectivity index (χ0) is 20.1. The minimum absolute atomic E-state index is 0.502. The minimum atomic E-state index is 0.502. The van der Waals surface area contributed by atoms with E-state index >= 15 is 0 Å². The van der Waals surface area contributed by atoms with E-state index in [0.29, 0.717) is 5.56 Å². The summed E-state index contributed by atoms with van der Waals surface area (Å²) in [5, 5.41) is 17.2. The fourth-order valence-electron chi connectivity index (χ4n) is 3.29. The van der Waals surface area contributed by atoms with E-state index in [9.17, 15) is 5.26 Å². The second-order valence-corrected chi connectivity index (χ2v) is 8.01. The van der Waals surface area contributed by atoms with Gasteiger partial charge in [0.25, 0.3) is 0 Å². The molecule has 1 aliphatic heterocycles. The summed E-state index contributed by atoms with van der Waals surface area (Å²) in [5.41, 5.74) is 2.93. The lowest BCUT2D eigenvalue weighted by Crippen LogP contribution is -2.39. The predicted octanol–water partition coefficient (Wildman–Crippen LogP) is 3.59. The molecule has 3 aromatic rings. The van der Waals surface area contributed by atoms with Crippen LogP contribution in [0.1, 0.15) is 5.56 Å². The molecule has 2 N–H and O–H groups in total. The third kappa shape index (κ3) is 4.93. The number of pyridine rings is 2. The van der Waals surface area contributed by atoms with Crippen molar-refractivity contribution in [2.45, 2.75) is 0 Å². The summed E-state index contributed by atoms with van der Waals surface area (Å²) in [7, 11) is 0. The molecule has 0 saturated carbocycles. The highest BCUT2D eigenvalue weighted by Gasteiger charge is 2.12. The number of hydrogen-bond acceptors (Lipinski definition) is 7. The van der Waals surface area contributed by atoms with Crippen molar-refractivity contribution in [2.24, 2.45) is 0 Å². The molecule has 148 valence electrons. The average molecular weight is 500 g/mol. The lowest BCUT2D eigenvalue weighted by Gasteiger charge is -2.26. The van der Waals surface area contributed by atoms with Crippen LogP contribution < -0.4 is 10.6 Å². The minimum Gasteiger partial charge on any atom is -0.379 e. The van der Waals surface area contributed by atoms with Gasteiger partial charge in [0, 0.05) is 47.0 Å². The summed E-state index contributed by atoms with van der Waals surface area (Å²) in [6, 6.07) is 12.2. The second kappa shape index (κ2) is 9.35. The summed E-state index contributed by atoms with van der Waals surface area (Å²) in [4.78, 5) is 11.2. The smallest absolute Gasteiger partial charge is 0.126 e. The Hall–Kier alpha value is -2.48. The van der Waals surface area contributed by atoms with Gasteiger partial charge in [0.1, 0.15) is 11.9 Å². The van der Waals surface area contributed by atoms with Gasteiger partial charge >= 0.3 is 0 Å². The molecule has 0 unspecified atom stereocenters. The number of nitriles is 1. The number of fused-ring (bicyclic) bond motifs is 1. The van der Waals surface area contributed by atoms with Crippen LogP contribution in [0.25, 0.3) is 10.9 Å². The number of benzene rings is 1.